The van der Waals surface area contributed by atoms with Gasteiger partial charge in [0.1, 0.15) is 0 Å². The lowest BCUT2D eigenvalue weighted by Gasteiger charge is -2.52. The van der Waals surface area contributed by atoms with Gasteiger partial charge < -0.3 is 10.2 Å². The summed E-state index contributed by atoms with van der Waals surface area (Å²) >= 11 is 0. The Morgan fingerprint density at radius 3 is 2.40 bits per heavy atom. The summed E-state index contributed by atoms with van der Waals surface area (Å²) in [5, 5.41) is 3.28. The van der Waals surface area contributed by atoms with Crippen LogP contribution in [0.5, 0.6) is 0 Å². The van der Waals surface area contributed by atoms with Gasteiger partial charge in [-0.05, 0) is 6.42 Å². The number of piperazine rings is 1. The number of carbonyl (C=O) groups excluding carboxylic acids is 1. The van der Waals surface area contributed by atoms with Crippen molar-refractivity contribution in [2.24, 2.45) is 0 Å². The zero-order valence-corrected chi connectivity index (χ0v) is 6.13. The van der Waals surface area contributed by atoms with Gasteiger partial charge in [0, 0.05) is 32.1 Å². The summed E-state index contributed by atoms with van der Waals surface area (Å²) in [6.45, 7) is 3.65. The van der Waals surface area contributed by atoms with Crippen LogP contribution in [0.1, 0.15) is 13.3 Å². The largest absolute Gasteiger partial charge is 0.334 e. The van der Waals surface area contributed by atoms with Crippen LogP contribution in [0.25, 0.3) is 0 Å². The number of rotatable bonds is 0. The molecule has 3 aliphatic rings. The molecule has 10 heavy (non-hydrogen) atoms. The average molecular weight is 140 g/mol. The maximum Gasteiger partial charge on any atom is 0.220 e. The molecule has 1 amide bonds. The van der Waals surface area contributed by atoms with Crippen molar-refractivity contribution >= 4 is 5.91 Å². The van der Waals surface area contributed by atoms with Crippen molar-refractivity contribution in [1.29, 1.82) is 0 Å². The predicted molar refractivity (Wildman–Crippen MR) is 37.6 cm³/mol. The molecule has 0 spiro atoms. The number of hydrogen-bond acceptors (Lipinski definition) is 2. The van der Waals surface area contributed by atoms with Gasteiger partial charge in [-0.15, -0.1) is 0 Å². The Hall–Kier alpha value is -0.570. The Balaban J connectivity index is 2.06. The molecule has 3 heteroatoms. The zero-order chi connectivity index (χ0) is 7.14. The highest BCUT2D eigenvalue weighted by molar-refractivity contribution is 5.75. The van der Waals surface area contributed by atoms with Crippen LogP contribution in [0.2, 0.25) is 0 Å². The molecular weight excluding hydrogens is 128 g/mol. The molecule has 0 saturated carbocycles. The first-order valence-electron chi connectivity index (χ1n) is 3.78. The topological polar surface area (TPSA) is 32.3 Å². The van der Waals surface area contributed by atoms with Crippen LogP contribution in [0.15, 0.2) is 0 Å². The van der Waals surface area contributed by atoms with E-state index in [0.29, 0.717) is 12.1 Å². The minimum atomic E-state index is 0.239. The van der Waals surface area contributed by atoms with E-state index in [9.17, 15) is 4.79 Å². The quantitative estimate of drug-likeness (QED) is 0.495. The number of nitrogens with zero attached hydrogens (tertiary/aromatic N) is 1. The van der Waals surface area contributed by atoms with Crippen molar-refractivity contribution in [2.75, 3.05) is 13.1 Å². The third-order valence-electron chi connectivity index (χ3n) is 2.45. The number of carbonyl (C=O) groups is 1. The Morgan fingerprint density at radius 1 is 1.50 bits per heavy atom. The lowest BCUT2D eigenvalue weighted by molar-refractivity contribution is -0.144. The van der Waals surface area contributed by atoms with Crippen LogP contribution in [-0.4, -0.2) is 36.0 Å². The Bertz CT molecular complexity index is 155. The first kappa shape index (κ1) is 6.16. The number of hydrogen-bond donors (Lipinski definition) is 1. The smallest absolute Gasteiger partial charge is 0.220 e. The van der Waals surface area contributed by atoms with Crippen LogP contribution in [0, 0.1) is 0 Å². The molecule has 0 aromatic rings. The first-order valence-corrected chi connectivity index (χ1v) is 3.78. The van der Waals surface area contributed by atoms with E-state index in [2.05, 4.69) is 5.32 Å². The number of piperidine rings is 1. The van der Waals surface area contributed by atoms with Crippen molar-refractivity contribution in [3.8, 4) is 0 Å². The third kappa shape index (κ3) is 0.669. The average Bonchev–Trinajstić information content (AvgIpc) is 1.87. The summed E-state index contributed by atoms with van der Waals surface area (Å²) in [7, 11) is 0. The van der Waals surface area contributed by atoms with E-state index < -0.39 is 0 Å². The number of amides is 1. The van der Waals surface area contributed by atoms with Crippen molar-refractivity contribution in [1.82, 2.24) is 10.2 Å². The molecule has 0 aliphatic carbocycles. The molecule has 0 radical (unpaired) electrons. The van der Waals surface area contributed by atoms with Crippen LogP contribution in [0.3, 0.4) is 0 Å². The van der Waals surface area contributed by atoms with Gasteiger partial charge in [-0.25, -0.2) is 0 Å². The van der Waals surface area contributed by atoms with Gasteiger partial charge in [0.05, 0.1) is 0 Å². The van der Waals surface area contributed by atoms with E-state index >= 15 is 0 Å². The molecule has 0 aromatic carbocycles. The van der Waals surface area contributed by atoms with Gasteiger partial charge >= 0.3 is 0 Å². The van der Waals surface area contributed by atoms with Crippen LogP contribution >= 0.6 is 0 Å². The van der Waals surface area contributed by atoms with Crippen molar-refractivity contribution in [3.05, 3.63) is 0 Å². The molecule has 3 rings (SSSR count). The van der Waals surface area contributed by atoms with E-state index in [1.54, 1.807) is 6.92 Å². The van der Waals surface area contributed by atoms with E-state index in [-0.39, 0.29) is 5.91 Å². The summed E-state index contributed by atoms with van der Waals surface area (Å²) in [5.74, 6) is 0.239. The van der Waals surface area contributed by atoms with Crippen LogP contribution in [0.4, 0.5) is 0 Å². The van der Waals surface area contributed by atoms with Gasteiger partial charge in [-0.2, -0.15) is 0 Å². The maximum absolute atomic E-state index is 10.9. The third-order valence-corrected chi connectivity index (χ3v) is 2.45. The molecule has 56 valence electrons. The summed E-state index contributed by atoms with van der Waals surface area (Å²) in [6.07, 6.45) is 1.21. The minimum Gasteiger partial charge on any atom is -0.334 e. The normalized spacial score (nSPS) is 37.1. The standard InChI is InChI=1S/C7H12N2O/c1-5(10)9-6-2-7(9)4-8-3-6/h6-8H,2-4H2,1H3/t6-,7?/m0/s1. The van der Waals surface area contributed by atoms with Gasteiger partial charge in [0.2, 0.25) is 5.91 Å². The molecule has 2 atom stereocenters. The van der Waals surface area contributed by atoms with E-state index in [1.165, 1.54) is 6.42 Å². The van der Waals surface area contributed by atoms with Gasteiger partial charge in [0.15, 0.2) is 0 Å². The minimum absolute atomic E-state index is 0.239. The van der Waals surface area contributed by atoms with Crippen molar-refractivity contribution in [3.63, 3.8) is 0 Å². The molecule has 0 aromatic heterocycles. The second kappa shape index (κ2) is 1.95. The summed E-state index contributed by atoms with van der Waals surface area (Å²) in [5.41, 5.74) is 0. The zero-order valence-electron chi connectivity index (χ0n) is 6.13. The molecule has 1 N–H and O–H groups in total. The molecule has 1 unspecified atom stereocenters. The van der Waals surface area contributed by atoms with Crippen LogP contribution in [-0.2, 0) is 4.79 Å². The molecule has 3 heterocycles. The molecule has 2 bridgehead atoms. The number of fused-ring (bicyclic) bond motifs is 2. The highest BCUT2D eigenvalue weighted by Gasteiger charge is 2.42. The molecule has 3 aliphatic heterocycles. The molecular formula is C7H12N2O. The SMILES string of the molecule is CC(=O)N1C2CNC[C@@H]1C2. The van der Waals surface area contributed by atoms with Gasteiger partial charge in [-0.3, -0.25) is 4.79 Å². The second-order valence-electron chi connectivity index (χ2n) is 3.13. The summed E-state index contributed by atoms with van der Waals surface area (Å²) in [6, 6.07) is 1.02. The molecule has 3 fully saturated rings. The van der Waals surface area contributed by atoms with E-state index in [1.807, 2.05) is 4.90 Å². The van der Waals surface area contributed by atoms with E-state index in [4.69, 9.17) is 0 Å². The van der Waals surface area contributed by atoms with Crippen LogP contribution < -0.4 is 5.32 Å². The molecule has 3 saturated heterocycles. The van der Waals surface area contributed by atoms with Gasteiger partial charge in [-0.1, -0.05) is 0 Å². The fraction of sp³-hybridized carbons (Fsp3) is 0.857. The lowest BCUT2D eigenvalue weighted by atomic mass is 9.89. The Morgan fingerprint density at radius 2 is 2.10 bits per heavy atom. The lowest BCUT2D eigenvalue weighted by Crippen LogP contribution is -2.68. The first-order chi connectivity index (χ1) is 4.79. The monoisotopic (exact) mass is 140 g/mol. The Kier molecular flexibility index (Phi) is 1.20. The highest BCUT2D eigenvalue weighted by atomic mass is 16.2. The Labute approximate surface area is 60.4 Å². The maximum atomic E-state index is 10.9. The molecule has 3 nitrogen and oxygen atoms in total. The predicted octanol–water partition coefficient (Wildman–Crippen LogP) is -0.421. The van der Waals surface area contributed by atoms with Gasteiger partial charge in [0.25, 0.3) is 0 Å². The van der Waals surface area contributed by atoms with E-state index in [0.717, 1.165) is 13.1 Å². The second-order valence-corrected chi connectivity index (χ2v) is 3.13. The highest BCUT2D eigenvalue weighted by Crippen LogP contribution is 2.27. The fourth-order valence-electron chi connectivity index (χ4n) is 2.00. The fourth-order valence-corrected chi connectivity index (χ4v) is 2.00. The van der Waals surface area contributed by atoms with Crippen molar-refractivity contribution in [2.45, 2.75) is 25.4 Å². The summed E-state index contributed by atoms with van der Waals surface area (Å²) in [4.78, 5) is 12.9. The number of nitrogens with one attached hydrogen (secondary N) is 1. The summed E-state index contributed by atoms with van der Waals surface area (Å²) < 4.78 is 0. The van der Waals surface area contributed by atoms with Crippen molar-refractivity contribution < 1.29 is 4.79 Å².